The minimum absolute atomic E-state index is 0.0168. The van der Waals surface area contributed by atoms with Crippen LogP contribution in [0.2, 0.25) is 0 Å². The van der Waals surface area contributed by atoms with Crippen molar-refractivity contribution in [3.05, 3.63) is 71.4 Å². The minimum atomic E-state index is -0.448. The third-order valence-electron chi connectivity index (χ3n) is 4.25. The molecule has 0 aliphatic rings. The van der Waals surface area contributed by atoms with Crippen molar-refractivity contribution >= 4 is 5.91 Å². The number of methoxy groups -OCH3 is 1. The second-order valence-corrected chi connectivity index (χ2v) is 7.06. The number of amides is 1. The van der Waals surface area contributed by atoms with Gasteiger partial charge >= 0.3 is 0 Å². The fraction of sp³-hybridized carbons (Fsp3) is 0.458. The number of rotatable bonds is 11. The van der Waals surface area contributed by atoms with E-state index in [1.54, 1.807) is 20.1 Å². The Labute approximate surface area is 171 Å². The van der Waals surface area contributed by atoms with E-state index >= 15 is 0 Å². The number of nitrogens with one attached hydrogen (secondary N) is 1. The van der Waals surface area contributed by atoms with Gasteiger partial charge in [-0.1, -0.05) is 67.2 Å². The van der Waals surface area contributed by atoms with Crippen molar-refractivity contribution in [3.63, 3.8) is 0 Å². The summed E-state index contributed by atoms with van der Waals surface area (Å²) in [5.74, 6) is -0.0288. The van der Waals surface area contributed by atoms with Crippen molar-refractivity contribution < 1.29 is 14.6 Å². The normalized spacial score (nSPS) is 17.5. The molecule has 0 aliphatic heterocycles. The number of aliphatic hydroxyl groups is 1. The highest BCUT2D eigenvalue weighted by molar-refractivity contribution is 5.93. The number of allylic oxidation sites excluding steroid dienone is 9. The highest BCUT2D eigenvalue weighted by Crippen LogP contribution is 2.15. The SMILES string of the molecule is C/C=C(\C)[C@H](O)[C@H](C)\C=C(C)/C=C/C=C/C=C/C=C(\C)C(=O)N[C@@H](C)COC. The molecule has 0 rings (SSSR count). The Bertz CT molecular complexity index is 651. The van der Waals surface area contributed by atoms with E-state index in [-0.39, 0.29) is 17.9 Å². The van der Waals surface area contributed by atoms with E-state index in [9.17, 15) is 9.90 Å². The summed E-state index contributed by atoms with van der Waals surface area (Å²) in [5.41, 5.74) is 2.73. The minimum Gasteiger partial charge on any atom is -0.388 e. The number of carbonyl (C=O) groups is 1. The highest BCUT2D eigenvalue weighted by Gasteiger charge is 2.12. The van der Waals surface area contributed by atoms with E-state index in [1.807, 2.05) is 77.2 Å². The van der Waals surface area contributed by atoms with Crippen LogP contribution in [-0.2, 0) is 9.53 Å². The lowest BCUT2D eigenvalue weighted by molar-refractivity contribution is -0.118. The number of carbonyl (C=O) groups excluding carboxylic acids is 1. The van der Waals surface area contributed by atoms with Crippen LogP contribution in [0.4, 0.5) is 0 Å². The van der Waals surface area contributed by atoms with E-state index in [2.05, 4.69) is 11.4 Å². The van der Waals surface area contributed by atoms with Crippen molar-refractivity contribution in [1.29, 1.82) is 0 Å². The largest absolute Gasteiger partial charge is 0.388 e. The van der Waals surface area contributed by atoms with Crippen LogP contribution >= 0.6 is 0 Å². The molecular formula is C24H37NO3. The molecule has 0 aromatic heterocycles. The second kappa shape index (κ2) is 14.8. The van der Waals surface area contributed by atoms with Crippen LogP contribution in [0, 0.1) is 5.92 Å². The maximum Gasteiger partial charge on any atom is 0.247 e. The summed E-state index contributed by atoms with van der Waals surface area (Å²) >= 11 is 0. The third kappa shape index (κ3) is 11.5. The Kier molecular flexibility index (Phi) is 13.7. The molecule has 0 bridgehead atoms. The predicted molar refractivity (Wildman–Crippen MR) is 119 cm³/mol. The molecule has 4 heteroatoms. The lowest BCUT2D eigenvalue weighted by Gasteiger charge is -2.16. The van der Waals surface area contributed by atoms with Gasteiger partial charge in [0.1, 0.15) is 0 Å². The van der Waals surface area contributed by atoms with Crippen molar-refractivity contribution in [2.45, 2.75) is 53.7 Å². The van der Waals surface area contributed by atoms with E-state index in [0.29, 0.717) is 12.2 Å². The van der Waals surface area contributed by atoms with Crippen LogP contribution in [0.15, 0.2) is 71.4 Å². The van der Waals surface area contributed by atoms with Crippen LogP contribution in [-0.4, -0.2) is 36.9 Å². The maximum atomic E-state index is 11.9. The van der Waals surface area contributed by atoms with Crippen molar-refractivity contribution in [2.75, 3.05) is 13.7 Å². The quantitative estimate of drug-likeness (QED) is 0.308. The van der Waals surface area contributed by atoms with Gasteiger partial charge in [0.25, 0.3) is 0 Å². The van der Waals surface area contributed by atoms with Crippen molar-refractivity contribution in [1.82, 2.24) is 5.32 Å². The molecule has 2 N–H and O–H groups in total. The van der Waals surface area contributed by atoms with Gasteiger partial charge in [0.2, 0.25) is 5.91 Å². The standard InChI is InChI=1S/C24H37NO3/c1-8-19(3)23(26)21(5)16-18(2)14-12-10-9-11-13-15-20(4)24(27)25-22(6)17-28-7/h8-16,21-23,26H,17H2,1-7H3,(H,25,27)/b10-9+,13-11+,14-12+,18-16-,19-8+,20-15+/t21-,22+,23+/m1/s1. The van der Waals surface area contributed by atoms with Crippen LogP contribution in [0.3, 0.4) is 0 Å². The fourth-order valence-corrected chi connectivity index (χ4v) is 2.45. The van der Waals surface area contributed by atoms with Gasteiger partial charge < -0.3 is 15.2 Å². The molecule has 4 nitrogen and oxygen atoms in total. The zero-order valence-electron chi connectivity index (χ0n) is 18.4. The first-order valence-electron chi connectivity index (χ1n) is 9.70. The predicted octanol–water partition coefficient (Wildman–Crippen LogP) is 4.66. The molecule has 0 heterocycles. The first-order valence-corrected chi connectivity index (χ1v) is 9.70. The van der Waals surface area contributed by atoms with Gasteiger partial charge in [-0.05, 0) is 40.2 Å². The molecule has 28 heavy (non-hydrogen) atoms. The molecule has 0 saturated heterocycles. The summed E-state index contributed by atoms with van der Waals surface area (Å²) in [4.78, 5) is 11.9. The average molecular weight is 388 g/mol. The Hall–Kier alpha value is -2.17. The summed E-state index contributed by atoms with van der Waals surface area (Å²) in [5, 5.41) is 13.0. The lowest BCUT2D eigenvalue weighted by atomic mass is 9.96. The smallest absolute Gasteiger partial charge is 0.247 e. The zero-order valence-corrected chi connectivity index (χ0v) is 18.4. The Morgan fingerprint density at radius 2 is 1.68 bits per heavy atom. The Morgan fingerprint density at radius 3 is 2.29 bits per heavy atom. The zero-order chi connectivity index (χ0) is 21.5. The topological polar surface area (TPSA) is 58.6 Å². The fourth-order valence-electron chi connectivity index (χ4n) is 2.45. The number of hydrogen-bond donors (Lipinski definition) is 2. The molecule has 1 amide bonds. The van der Waals surface area contributed by atoms with Crippen LogP contribution in [0.5, 0.6) is 0 Å². The van der Waals surface area contributed by atoms with Crippen molar-refractivity contribution in [3.8, 4) is 0 Å². The molecule has 156 valence electrons. The summed E-state index contributed by atoms with van der Waals surface area (Å²) in [6.07, 6.45) is 16.8. The molecular weight excluding hydrogens is 350 g/mol. The molecule has 0 unspecified atom stereocenters. The van der Waals surface area contributed by atoms with Crippen LogP contribution < -0.4 is 5.32 Å². The van der Waals surface area contributed by atoms with Gasteiger partial charge in [0.15, 0.2) is 0 Å². The molecule has 3 atom stereocenters. The van der Waals surface area contributed by atoms with Crippen molar-refractivity contribution in [2.24, 2.45) is 5.92 Å². The summed E-state index contributed by atoms with van der Waals surface area (Å²) in [6.45, 7) is 12.1. The first kappa shape index (κ1) is 25.8. The number of aliphatic hydroxyl groups excluding tert-OH is 1. The van der Waals surface area contributed by atoms with Gasteiger partial charge in [0.05, 0.1) is 12.7 Å². The average Bonchev–Trinajstić information content (AvgIpc) is 2.65. The van der Waals surface area contributed by atoms with Gasteiger partial charge in [-0.3, -0.25) is 4.79 Å². The highest BCUT2D eigenvalue weighted by atomic mass is 16.5. The van der Waals surface area contributed by atoms with Crippen LogP contribution in [0.25, 0.3) is 0 Å². The molecule has 0 fully saturated rings. The van der Waals surface area contributed by atoms with Gasteiger partial charge in [-0.25, -0.2) is 0 Å². The Balaban J connectivity index is 4.55. The summed E-state index contributed by atoms with van der Waals surface area (Å²) in [6, 6.07) is -0.0168. The molecule has 0 spiro atoms. The second-order valence-electron chi connectivity index (χ2n) is 7.06. The molecule has 0 saturated carbocycles. The number of ether oxygens (including phenoxy) is 1. The summed E-state index contributed by atoms with van der Waals surface area (Å²) in [7, 11) is 1.61. The van der Waals surface area contributed by atoms with Crippen LogP contribution in [0.1, 0.15) is 41.5 Å². The number of hydrogen-bond acceptors (Lipinski definition) is 3. The maximum absolute atomic E-state index is 11.9. The van der Waals surface area contributed by atoms with E-state index in [4.69, 9.17) is 4.74 Å². The summed E-state index contributed by atoms with van der Waals surface area (Å²) < 4.78 is 5.00. The first-order chi connectivity index (χ1) is 13.2. The van der Waals surface area contributed by atoms with Gasteiger partial charge in [-0.2, -0.15) is 0 Å². The molecule has 0 aliphatic carbocycles. The van der Waals surface area contributed by atoms with Gasteiger partial charge in [0, 0.05) is 24.6 Å². The third-order valence-corrected chi connectivity index (χ3v) is 4.25. The molecule has 0 aromatic carbocycles. The monoisotopic (exact) mass is 387 g/mol. The van der Waals surface area contributed by atoms with Gasteiger partial charge in [-0.15, -0.1) is 0 Å². The van der Waals surface area contributed by atoms with E-state index < -0.39 is 6.10 Å². The molecule has 0 aromatic rings. The lowest BCUT2D eigenvalue weighted by Crippen LogP contribution is -2.36. The Morgan fingerprint density at radius 1 is 1.07 bits per heavy atom. The molecule has 0 radical (unpaired) electrons. The van der Waals surface area contributed by atoms with E-state index in [1.165, 1.54) is 0 Å². The van der Waals surface area contributed by atoms with E-state index in [0.717, 1.165) is 11.1 Å².